The van der Waals surface area contributed by atoms with Gasteiger partial charge in [-0.25, -0.2) is 18.7 Å². The van der Waals surface area contributed by atoms with E-state index in [1.165, 1.54) is 15.2 Å². The van der Waals surface area contributed by atoms with Gasteiger partial charge in [-0.3, -0.25) is 3.97 Å². The zero-order chi connectivity index (χ0) is 20.5. The normalized spacial score (nSPS) is 19.3. The van der Waals surface area contributed by atoms with Gasteiger partial charge in [0, 0.05) is 59.6 Å². The van der Waals surface area contributed by atoms with Gasteiger partial charge in [0.25, 0.3) is 0 Å². The monoisotopic (exact) mass is 526 g/mol. The van der Waals surface area contributed by atoms with E-state index in [2.05, 4.69) is 15.3 Å². The first-order chi connectivity index (χ1) is 14.0. The fourth-order valence-electron chi connectivity index (χ4n) is 3.73. The van der Waals surface area contributed by atoms with E-state index in [0.717, 1.165) is 31.9 Å². The Hall–Kier alpha value is -1.97. The minimum atomic E-state index is -0.552. The van der Waals surface area contributed by atoms with Gasteiger partial charge >= 0.3 is 0 Å². The van der Waals surface area contributed by atoms with E-state index in [1.807, 2.05) is 27.3 Å². The quantitative estimate of drug-likeness (QED) is 0.476. The lowest BCUT2D eigenvalue weighted by Crippen LogP contribution is -2.35. The Balaban J connectivity index is 1.78. The van der Waals surface area contributed by atoms with E-state index in [-0.39, 0.29) is 29.3 Å². The van der Waals surface area contributed by atoms with Crippen molar-refractivity contribution < 1.29 is 8.78 Å². The van der Waals surface area contributed by atoms with Crippen LogP contribution in [0.2, 0.25) is 0 Å². The summed E-state index contributed by atoms with van der Waals surface area (Å²) in [4.78, 5) is 8.50. The topological polar surface area (TPSA) is 92.6 Å². The molecule has 2 unspecified atom stereocenters. The van der Waals surface area contributed by atoms with Gasteiger partial charge in [0.1, 0.15) is 5.82 Å². The van der Waals surface area contributed by atoms with Crippen LogP contribution in [-0.4, -0.2) is 26.0 Å². The standard InChI is InChI=1S/C19H17F2IN6S/c20-15-5-10(7-23)4-13-14(9-28(29-22)17(13)15)18-25-8-16(21)19(27-18)26-12-3-1-2-11(24)6-12/h4-5,8-9,11-12H,1-3,6,24H2,(H,25,26,27). The van der Waals surface area contributed by atoms with Crippen molar-refractivity contribution in [3.8, 4) is 17.5 Å². The summed E-state index contributed by atoms with van der Waals surface area (Å²) < 4.78 is 30.6. The molecule has 2 aromatic heterocycles. The summed E-state index contributed by atoms with van der Waals surface area (Å²) in [6, 6.07) is 4.89. The first-order valence-electron chi connectivity index (χ1n) is 9.09. The van der Waals surface area contributed by atoms with Crippen LogP contribution in [0.1, 0.15) is 31.2 Å². The van der Waals surface area contributed by atoms with E-state index in [1.54, 1.807) is 16.2 Å². The molecule has 10 heteroatoms. The molecule has 0 spiro atoms. The highest BCUT2D eigenvalue weighted by Gasteiger charge is 2.22. The van der Waals surface area contributed by atoms with Crippen molar-refractivity contribution in [2.75, 3.05) is 5.32 Å². The highest BCUT2D eigenvalue weighted by Crippen LogP contribution is 2.36. The average Bonchev–Trinajstić information content (AvgIpc) is 3.09. The second-order valence-electron chi connectivity index (χ2n) is 7.06. The molecule has 0 aliphatic heterocycles. The molecule has 3 aromatic rings. The van der Waals surface area contributed by atoms with Crippen LogP contribution in [0.25, 0.3) is 22.3 Å². The summed E-state index contributed by atoms with van der Waals surface area (Å²) in [5.74, 6) is -0.693. The summed E-state index contributed by atoms with van der Waals surface area (Å²) in [6.45, 7) is 0. The molecule has 29 heavy (non-hydrogen) atoms. The highest BCUT2D eigenvalue weighted by atomic mass is 127. The first kappa shape index (κ1) is 20.3. The summed E-state index contributed by atoms with van der Waals surface area (Å²) >= 11 is 2.04. The molecule has 150 valence electrons. The summed E-state index contributed by atoms with van der Waals surface area (Å²) in [6.07, 6.45) is 6.40. The maximum absolute atomic E-state index is 14.6. The van der Waals surface area contributed by atoms with Gasteiger partial charge in [-0.2, -0.15) is 5.26 Å². The van der Waals surface area contributed by atoms with Crippen LogP contribution in [0.5, 0.6) is 0 Å². The lowest BCUT2D eigenvalue weighted by Gasteiger charge is -2.27. The van der Waals surface area contributed by atoms with Crippen molar-refractivity contribution in [1.82, 2.24) is 13.9 Å². The van der Waals surface area contributed by atoms with Crippen molar-refractivity contribution in [1.29, 1.82) is 5.26 Å². The van der Waals surface area contributed by atoms with Gasteiger partial charge in [0.15, 0.2) is 17.5 Å². The molecule has 2 atom stereocenters. The van der Waals surface area contributed by atoms with Crippen LogP contribution in [0.3, 0.4) is 0 Å². The molecule has 6 nitrogen and oxygen atoms in total. The molecular weight excluding hydrogens is 509 g/mol. The van der Waals surface area contributed by atoms with Crippen LogP contribution < -0.4 is 11.1 Å². The number of nitriles is 1. The van der Waals surface area contributed by atoms with Crippen LogP contribution in [0.4, 0.5) is 14.6 Å². The number of anilines is 1. The number of nitrogens with two attached hydrogens (primary N) is 1. The molecule has 3 N–H and O–H groups in total. The van der Waals surface area contributed by atoms with Crippen molar-refractivity contribution in [2.45, 2.75) is 37.8 Å². The smallest absolute Gasteiger partial charge is 0.183 e. The number of benzene rings is 1. The van der Waals surface area contributed by atoms with Crippen molar-refractivity contribution in [2.24, 2.45) is 5.73 Å². The largest absolute Gasteiger partial charge is 0.365 e. The highest BCUT2D eigenvalue weighted by molar-refractivity contribution is 14.2. The first-order valence-corrected chi connectivity index (χ1v) is 12.4. The maximum Gasteiger partial charge on any atom is 0.183 e. The number of hydrogen-bond acceptors (Lipinski definition) is 6. The van der Waals surface area contributed by atoms with E-state index >= 15 is 0 Å². The van der Waals surface area contributed by atoms with Gasteiger partial charge in [-0.1, -0.05) is 0 Å². The van der Waals surface area contributed by atoms with Gasteiger partial charge in [0.2, 0.25) is 0 Å². The molecule has 2 heterocycles. The fourth-order valence-corrected chi connectivity index (χ4v) is 5.06. The Morgan fingerprint density at radius 2 is 2.14 bits per heavy atom. The minimum absolute atomic E-state index is 0.0462. The van der Waals surface area contributed by atoms with Crippen LogP contribution in [-0.2, 0) is 0 Å². The molecule has 0 bridgehead atoms. The molecule has 4 rings (SSSR count). The van der Waals surface area contributed by atoms with Crippen LogP contribution >= 0.6 is 30.3 Å². The molecule has 0 saturated heterocycles. The molecule has 1 aliphatic carbocycles. The Labute approximate surface area is 182 Å². The Morgan fingerprint density at radius 3 is 2.86 bits per heavy atom. The van der Waals surface area contributed by atoms with E-state index in [9.17, 15) is 14.0 Å². The van der Waals surface area contributed by atoms with Gasteiger partial charge < -0.3 is 11.1 Å². The lowest BCUT2D eigenvalue weighted by atomic mass is 9.92. The van der Waals surface area contributed by atoms with Crippen molar-refractivity contribution in [3.63, 3.8) is 0 Å². The number of halogens is 3. The number of hydrogen-bond donors (Lipinski definition) is 2. The number of nitrogens with zero attached hydrogens (tertiary/aromatic N) is 4. The van der Waals surface area contributed by atoms with E-state index in [4.69, 9.17) is 5.73 Å². The third-order valence-corrected chi connectivity index (χ3v) is 6.77. The number of fused-ring (bicyclic) bond motifs is 1. The Kier molecular flexibility index (Phi) is 5.89. The number of nitrogens with one attached hydrogen (secondary N) is 1. The summed E-state index contributed by atoms with van der Waals surface area (Å²) in [7, 11) is 1.28. The van der Waals surface area contributed by atoms with E-state index in [0.29, 0.717) is 16.5 Å². The number of aromatic nitrogens is 3. The molecule has 0 radical (unpaired) electrons. The maximum atomic E-state index is 14.6. The van der Waals surface area contributed by atoms with E-state index < -0.39 is 11.6 Å². The zero-order valence-corrected chi connectivity index (χ0v) is 18.2. The molecule has 0 amide bonds. The SMILES string of the molecule is N#Cc1cc(F)c2c(c1)c(-c1ncc(F)c(NC3CCCC(N)C3)n1)cn2SI. The Morgan fingerprint density at radius 1 is 1.31 bits per heavy atom. The molecular formula is C19H17F2IN6S. The zero-order valence-electron chi connectivity index (χ0n) is 15.2. The fraction of sp³-hybridized carbons (Fsp3) is 0.316. The van der Waals surface area contributed by atoms with Crippen molar-refractivity contribution >= 4 is 47.0 Å². The predicted molar refractivity (Wildman–Crippen MR) is 118 cm³/mol. The second-order valence-corrected chi connectivity index (χ2v) is 8.77. The van der Waals surface area contributed by atoms with Gasteiger partial charge in [-0.05, 0) is 37.8 Å². The van der Waals surface area contributed by atoms with Gasteiger partial charge in [0.05, 0.1) is 23.3 Å². The third-order valence-electron chi connectivity index (χ3n) is 5.06. The number of rotatable bonds is 4. The van der Waals surface area contributed by atoms with Crippen LogP contribution in [0, 0.1) is 23.0 Å². The Bertz CT molecular complexity index is 1110. The molecule has 1 saturated carbocycles. The van der Waals surface area contributed by atoms with Crippen molar-refractivity contribution in [3.05, 3.63) is 41.7 Å². The molecule has 1 aliphatic rings. The van der Waals surface area contributed by atoms with Crippen LogP contribution in [0.15, 0.2) is 24.5 Å². The molecule has 1 aromatic carbocycles. The summed E-state index contributed by atoms with van der Waals surface area (Å²) in [5.41, 5.74) is 7.09. The lowest BCUT2D eigenvalue weighted by molar-refractivity contribution is 0.407. The predicted octanol–water partition coefficient (Wildman–Crippen LogP) is 4.78. The second kappa shape index (κ2) is 8.41. The van der Waals surface area contributed by atoms with Gasteiger partial charge in [-0.15, -0.1) is 0 Å². The average molecular weight is 526 g/mol. The summed E-state index contributed by atoms with van der Waals surface area (Å²) in [5, 5.41) is 12.8. The minimum Gasteiger partial charge on any atom is -0.365 e. The third kappa shape index (κ3) is 4.04. The molecule has 1 fully saturated rings.